The highest BCUT2D eigenvalue weighted by Gasteiger charge is 2.20. The Morgan fingerprint density at radius 1 is 0.966 bits per heavy atom. The number of ether oxygens (including phenoxy) is 1. The molecule has 0 radical (unpaired) electrons. The molecule has 0 saturated carbocycles. The monoisotopic (exact) mass is 407 g/mol. The lowest BCUT2D eigenvalue weighted by atomic mass is 10.1. The minimum atomic E-state index is -0.763. The summed E-state index contributed by atoms with van der Waals surface area (Å²) in [5, 5.41) is 13.8. The Kier molecular flexibility index (Phi) is 11.0. The molecule has 3 amide bonds. The molecule has 1 aromatic rings. The van der Waals surface area contributed by atoms with Gasteiger partial charge in [-0.3, -0.25) is 19.6 Å². The van der Waals surface area contributed by atoms with Gasteiger partial charge in [-0.2, -0.15) is 0 Å². The van der Waals surface area contributed by atoms with Crippen molar-refractivity contribution in [1.82, 2.24) is 10.8 Å². The first-order chi connectivity index (χ1) is 13.8. The van der Waals surface area contributed by atoms with E-state index >= 15 is 0 Å². The SMILES string of the molecule is COC(=O)[C@@H](Cc1ccc(NC(=O)CCCCCCC(=O)NO)cc1)NC(C)=O. The molecular formula is C20H29N3O6. The van der Waals surface area contributed by atoms with Crippen molar-refractivity contribution in [2.45, 2.75) is 57.9 Å². The third-order valence-electron chi connectivity index (χ3n) is 4.22. The molecular weight excluding hydrogens is 378 g/mol. The van der Waals surface area contributed by atoms with E-state index in [4.69, 9.17) is 9.94 Å². The zero-order chi connectivity index (χ0) is 21.6. The minimum Gasteiger partial charge on any atom is -0.467 e. The zero-order valence-electron chi connectivity index (χ0n) is 16.8. The lowest BCUT2D eigenvalue weighted by Gasteiger charge is -2.15. The van der Waals surface area contributed by atoms with Crippen LogP contribution >= 0.6 is 0 Å². The van der Waals surface area contributed by atoms with Crippen molar-refractivity contribution < 1.29 is 29.1 Å². The molecule has 4 N–H and O–H groups in total. The molecule has 0 fully saturated rings. The van der Waals surface area contributed by atoms with Gasteiger partial charge in [0.15, 0.2) is 0 Å². The molecule has 0 unspecified atom stereocenters. The number of carbonyl (C=O) groups is 4. The molecule has 0 aromatic heterocycles. The van der Waals surface area contributed by atoms with Crippen molar-refractivity contribution in [2.75, 3.05) is 12.4 Å². The normalized spacial score (nSPS) is 11.3. The topological polar surface area (TPSA) is 134 Å². The van der Waals surface area contributed by atoms with Crippen molar-refractivity contribution in [2.24, 2.45) is 0 Å². The summed E-state index contributed by atoms with van der Waals surface area (Å²) in [5.41, 5.74) is 3.05. The summed E-state index contributed by atoms with van der Waals surface area (Å²) in [6.07, 6.45) is 3.94. The third kappa shape index (κ3) is 10.2. The van der Waals surface area contributed by atoms with Crippen molar-refractivity contribution in [3.8, 4) is 0 Å². The smallest absolute Gasteiger partial charge is 0.328 e. The molecule has 0 heterocycles. The number of hydrogen-bond acceptors (Lipinski definition) is 6. The number of benzene rings is 1. The van der Waals surface area contributed by atoms with Crippen molar-refractivity contribution in [3.05, 3.63) is 29.8 Å². The number of rotatable bonds is 12. The van der Waals surface area contributed by atoms with Gasteiger partial charge < -0.3 is 15.4 Å². The quantitative estimate of drug-likeness (QED) is 0.180. The number of anilines is 1. The maximum Gasteiger partial charge on any atom is 0.328 e. The van der Waals surface area contributed by atoms with Crippen LogP contribution in [0.3, 0.4) is 0 Å². The van der Waals surface area contributed by atoms with Gasteiger partial charge in [-0.15, -0.1) is 0 Å². The Hall–Kier alpha value is -2.94. The number of unbranched alkanes of at least 4 members (excludes halogenated alkanes) is 3. The molecule has 1 atom stereocenters. The van der Waals surface area contributed by atoms with Crippen LogP contribution in [-0.4, -0.2) is 42.0 Å². The second-order valence-electron chi connectivity index (χ2n) is 6.67. The molecule has 9 nitrogen and oxygen atoms in total. The first-order valence-electron chi connectivity index (χ1n) is 9.52. The van der Waals surface area contributed by atoms with Crippen LogP contribution in [0.5, 0.6) is 0 Å². The van der Waals surface area contributed by atoms with Gasteiger partial charge in [0.1, 0.15) is 6.04 Å². The van der Waals surface area contributed by atoms with Gasteiger partial charge in [0.05, 0.1) is 7.11 Å². The number of nitrogens with one attached hydrogen (secondary N) is 3. The van der Waals surface area contributed by atoms with Crippen LogP contribution in [0.4, 0.5) is 5.69 Å². The van der Waals surface area contributed by atoms with Crippen LogP contribution in [0, 0.1) is 0 Å². The van der Waals surface area contributed by atoms with Crippen molar-refractivity contribution in [3.63, 3.8) is 0 Å². The summed E-state index contributed by atoms with van der Waals surface area (Å²) in [6, 6.07) is 6.27. The van der Waals surface area contributed by atoms with Crippen molar-refractivity contribution >= 4 is 29.4 Å². The number of amides is 3. The summed E-state index contributed by atoms with van der Waals surface area (Å²) < 4.78 is 4.70. The Balaban J connectivity index is 2.39. The van der Waals surface area contributed by atoms with E-state index < -0.39 is 17.9 Å². The molecule has 0 aliphatic heterocycles. The predicted octanol–water partition coefficient (Wildman–Crippen LogP) is 1.69. The minimum absolute atomic E-state index is 0.100. The number of esters is 1. The van der Waals surface area contributed by atoms with E-state index in [1.54, 1.807) is 29.7 Å². The van der Waals surface area contributed by atoms with E-state index in [0.29, 0.717) is 24.9 Å². The fourth-order valence-electron chi connectivity index (χ4n) is 2.74. The van der Waals surface area contributed by atoms with Gasteiger partial charge in [-0.25, -0.2) is 10.3 Å². The van der Waals surface area contributed by atoms with Crippen LogP contribution in [-0.2, 0) is 30.3 Å². The molecule has 0 bridgehead atoms. The second-order valence-corrected chi connectivity index (χ2v) is 6.67. The van der Waals surface area contributed by atoms with E-state index in [1.165, 1.54) is 14.0 Å². The largest absolute Gasteiger partial charge is 0.467 e. The molecule has 9 heteroatoms. The highest BCUT2D eigenvalue weighted by atomic mass is 16.5. The van der Waals surface area contributed by atoms with Gasteiger partial charge in [0.25, 0.3) is 0 Å². The molecule has 0 saturated heterocycles. The maximum atomic E-state index is 12.0. The van der Waals surface area contributed by atoms with E-state index in [1.807, 2.05) is 0 Å². The standard InChI is InChI=1S/C20H29N3O6/c1-14(24)21-17(20(27)29-2)13-15-9-11-16(12-10-15)22-18(25)7-5-3-4-6-8-19(26)23-28/h9-12,17,28H,3-8,13H2,1-2H3,(H,21,24)(H,22,25)(H,23,26)/t17-/m1/s1. The summed E-state index contributed by atoms with van der Waals surface area (Å²) in [5.74, 6) is -1.34. The first kappa shape index (κ1) is 24.1. The molecule has 0 aliphatic carbocycles. The number of methoxy groups -OCH3 is 1. The highest BCUT2D eigenvalue weighted by molar-refractivity contribution is 5.90. The fraction of sp³-hybridized carbons (Fsp3) is 0.500. The summed E-state index contributed by atoms with van der Waals surface area (Å²) in [7, 11) is 1.27. The molecule has 0 spiro atoms. The Morgan fingerprint density at radius 3 is 2.07 bits per heavy atom. The number of carbonyl (C=O) groups excluding carboxylic acids is 4. The predicted molar refractivity (Wildman–Crippen MR) is 106 cm³/mol. The van der Waals surface area contributed by atoms with Crippen LogP contribution < -0.4 is 16.1 Å². The first-order valence-corrected chi connectivity index (χ1v) is 9.52. The Labute approximate surface area is 170 Å². The van der Waals surface area contributed by atoms with E-state index in [-0.39, 0.29) is 24.7 Å². The van der Waals surface area contributed by atoms with Crippen LogP contribution in [0.2, 0.25) is 0 Å². The van der Waals surface area contributed by atoms with Gasteiger partial charge in [-0.1, -0.05) is 25.0 Å². The zero-order valence-corrected chi connectivity index (χ0v) is 16.8. The number of hydrogen-bond donors (Lipinski definition) is 4. The summed E-state index contributed by atoms with van der Waals surface area (Å²) in [4.78, 5) is 45.9. The van der Waals surface area contributed by atoms with Crippen LogP contribution in [0.25, 0.3) is 0 Å². The highest BCUT2D eigenvalue weighted by Crippen LogP contribution is 2.13. The maximum absolute atomic E-state index is 12.0. The average molecular weight is 407 g/mol. The van der Waals surface area contributed by atoms with Crippen molar-refractivity contribution in [1.29, 1.82) is 0 Å². The average Bonchev–Trinajstić information content (AvgIpc) is 2.70. The molecule has 29 heavy (non-hydrogen) atoms. The summed E-state index contributed by atoms with van der Waals surface area (Å²) >= 11 is 0. The lowest BCUT2D eigenvalue weighted by molar-refractivity contribution is -0.144. The Morgan fingerprint density at radius 2 is 1.55 bits per heavy atom. The lowest BCUT2D eigenvalue weighted by Crippen LogP contribution is -2.41. The van der Waals surface area contributed by atoms with E-state index in [0.717, 1.165) is 18.4 Å². The van der Waals surface area contributed by atoms with Crippen LogP contribution in [0.15, 0.2) is 24.3 Å². The van der Waals surface area contributed by atoms with E-state index in [9.17, 15) is 19.2 Å². The number of hydroxylamine groups is 1. The molecule has 160 valence electrons. The van der Waals surface area contributed by atoms with Crippen LogP contribution in [0.1, 0.15) is 51.0 Å². The molecule has 0 aliphatic rings. The Bertz CT molecular complexity index is 690. The second kappa shape index (κ2) is 13.3. The molecule has 1 aromatic carbocycles. The van der Waals surface area contributed by atoms with Gasteiger partial charge in [-0.05, 0) is 30.5 Å². The fourth-order valence-corrected chi connectivity index (χ4v) is 2.74. The third-order valence-corrected chi connectivity index (χ3v) is 4.22. The van der Waals surface area contributed by atoms with E-state index in [2.05, 4.69) is 10.6 Å². The van der Waals surface area contributed by atoms with Gasteiger partial charge in [0, 0.05) is 31.9 Å². The molecule has 1 rings (SSSR count). The van der Waals surface area contributed by atoms with Gasteiger partial charge in [0.2, 0.25) is 17.7 Å². The summed E-state index contributed by atoms with van der Waals surface area (Å²) in [6.45, 7) is 1.33. The van der Waals surface area contributed by atoms with Gasteiger partial charge >= 0.3 is 5.97 Å².